The number of allylic oxidation sites excluding steroid dienone is 3. The molecule has 1 heteroatoms. The van der Waals surface area contributed by atoms with Gasteiger partial charge in [-0.1, -0.05) is 26.5 Å². The van der Waals surface area contributed by atoms with E-state index in [0.29, 0.717) is 0 Å². The van der Waals surface area contributed by atoms with Crippen molar-refractivity contribution in [3.05, 3.63) is 35.6 Å². The summed E-state index contributed by atoms with van der Waals surface area (Å²) in [5.74, 6) is 0. The van der Waals surface area contributed by atoms with E-state index in [-0.39, 0.29) is 0 Å². The van der Waals surface area contributed by atoms with Crippen LogP contribution in [-0.4, -0.2) is 18.5 Å². The van der Waals surface area contributed by atoms with Crippen LogP contribution in [0.4, 0.5) is 0 Å². The Hall–Kier alpha value is -0.980. The van der Waals surface area contributed by atoms with Gasteiger partial charge < -0.3 is 4.90 Å². The zero-order chi connectivity index (χ0) is 11.1. The maximum atomic E-state index is 3.74. The van der Waals surface area contributed by atoms with Gasteiger partial charge in [-0.2, -0.15) is 0 Å². The van der Waals surface area contributed by atoms with Crippen LogP contribution in [0, 0.1) is 0 Å². The number of likely N-dealkylation sites (N-methyl/N-ethyl adjacent to an activating group) is 1. The molecular formula is C13H23N. The van der Waals surface area contributed by atoms with Crippen LogP contribution in [-0.2, 0) is 0 Å². The van der Waals surface area contributed by atoms with E-state index in [9.17, 15) is 0 Å². The first kappa shape index (κ1) is 13.0. The van der Waals surface area contributed by atoms with Gasteiger partial charge in [-0.3, -0.25) is 0 Å². The fourth-order valence-corrected chi connectivity index (χ4v) is 1.42. The van der Waals surface area contributed by atoms with Gasteiger partial charge in [0.05, 0.1) is 0 Å². The summed E-state index contributed by atoms with van der Waals surface area (Å²) in [5.41, 5.74) is 4.09. The topological polar surface area (TPSA) is 3.24 Å². The Balaban J connectivity index is 0.000000791. The molecule has 0 aliphatic carbocycles. The lowest BCUT2D eigenvalue weighted by Crippen LogP contribution is -2.11. The zero-order valence-electron chi connectivity index (χ0n) is 10.2. The first-order valence-corrected chi connectivity index (χ1v) is 5.36. The van der Waals surface area contributed by atoms with Crippen LogP contribution in [0.2, 0.25) is 0 Å². The second kappa shape index (κ2) is 6.47. The van der Waals surface area contributed by atoms with E-state index in [1.807, 2.05) is 19.9 Å². The lowest BCUT2D eigenvalue weighted by atomic mass is 10.2. The Kier molecular flexibility index (Phi) is 6.02. The maximum Gasteiger partial charge on any atom is 0.0356 e. The monoisotopic (exact) mass is 193 g/mol. The van der Waals surface area contributed by atoms with Crippen LogP contribution in [0.25, 0.3) is 0 Å². The summed E-state index contributed by atoms with van der Waals surface area (Å²) in [6.45, 7) is 13.2. The zero-order valence-corrected chi connectivity index (χ0v) is 10.2. The SMILES string of the molecule is C=C/C(C)=C\C1=C(C)CCN1C.CC. The van der Waals surface area contributed by atoms with Crippen molar-refractivity contribution in [3.63, 3.8) is 0 Å². The predicted molar refractivity (Wildman–Crippen MR) is 65.2 cm³/mol. The van der Waals surface area contributed by atoms with Crippen LogP contribution in [0.5, 0.6) is 0 Å². The predicted octanol–water partition coefficient (Wildman–Crippen LogP) is 3.75. The molecule has 1 heterocycles. The van der Waals surface area contributed by atoms with Crippen LogP contribution in [0.15, 0.2) is 35.6 Å². The summed E-state index contributed by atoms with van der Waals surface area (Å²) in [4.78, 5) is 2.29. The van der Waals surface area contributed by atoms with E-state index in [4.69, 9.17) is 0 Å². The first-order valence-electron chi connectivity index (χ1n) is 5.36. The summed E-state index contributed by atoms with van der Waals surface area (Å²) >= 11 is 0. The number of nitrogens with zero attached hydrogens (tertiary/aromatic N) is 1. The van der Waals surface area contributed by atoms with Crippen molar-refractivity contribution in [2.24, 2.45) is 0 Å². The van der Waals surface area contributed by atoms with Crippen LogP contribution in [0.1, 0.15) is 34.1 Å². The molecule has 0 atom stereocenters. The molecule has 0 aromatic rings. The lowest BCUT2D eigenvalue weighted by molar-refractivity contribution is 0.471. The average molecular weight is 193 g/mol. The molecule has 1 nitrogen and oxygen atoms in total. The van der Waals surface area contributed by atoms with Crippen molar-refractivity contribution in [1.82, 2.24) is 4.90 Å². The third kappa shape index (κ3) is 3.41. The van der Waals surface area contributed by atoms with E-state index < -0.39 is 0 Å². The summed E-state index contributed by atoms with van der Waals surface area (Å²) in [6, 6.07) is 0. The third-order valence-electron chi connectivity index (χ3n) is 2.36. The molecule has 0 saturated carbocycles. The summed E-state index contributed by atoms with van der Waals surface area (Å²) in [5, 5.41) is 0. The Bertz CT molecular complexity index is 246. The van der Waals surface area contributed by atoms with E-state index in [2.05, 4.69) is 38.5 Å². The largest absolute Gasteiger partial charge is 0.374 e. The second-order valence-electron chi connectivity index (χ2n) is 3.43. The Morgan fingerprint density at radius 3 is 2.36 bits per heavy atom. The molecule has 0 saturated heterocycles. The molecule has 0 radical (unpaired) electrons. The molecule has 14 heavy (non-hydrogen) atoms. The Morgan fingerprint density at radius 2 is 2.00 bits per heavy atom. The van der Waals surface area contributed by atoms with Gasteiger partial charge >= 0.3 is 0 Å². The van der Waals surface area contributed by atoms with Crippen LogP contribution in [0.3, 0.4) is 0 Å². The van der Waals surface area contributed by atoms with E-state index in [1.165, 1.54) is 23.3 Å². The molecular weight excluding hydrogens is 170 g/mol. The minimum atomic E-state index is 1.15. The molecule has 1 aliphatic rings. The van der Waals surface area contributed by atoms with Crippen molar-refractivity contribution in [2.45, 2.75) is 34.1 Å². The molecule has 0 bridgehead atoms. The number of rotatable bonds is 2. The average Bonchev–Trinajstić information content (AvgIpc) is 2.52. The van der Waals surface area contributed by atoms with Crippen LogP contribution >= 0.6 is 0 Å². The second-order valence-corrected chi connectivity index (χ2v) is 3.43. The first-order chi connectivity index (χ1) is 6.65. The van der Waals surface area contributed by atoms with Crippen molar-refractivity contribution >= 4 is 0 Å². The van der Waals surface area contributed by atoms with Crippen molar-refractivity contribution in [2.75, 3.05) is 13.6 Å². The Labute approximate surface area is 88.8 Å². The summed E-state index contributed by atoms with van der Waals surface area (Å²) in [7, 11) is 2.14. The van der Waals surface area contributed by atoms with Gasteiger partial charge in [-0.05, 0) is 37.5 Å². The highest BCUT2D eigenvalue weighted by Crippen LogP contribution is 2.22. The van der Waals surface area contributed by atoms with Gasteiger partial charge in [0.25, 0.3) is 0 Å². The molecule has 0 N–H and O–H groups in total. The van der Waals surface area contributed by atoms with Gasteiger partial charge in [0.2, 0.25) is 0 Å². The summed E-state index contributed by atoms with van der Waals surface area (Å²) in [6.07, 6.45) is 5.30. The molecule has 80 valence electrons. The normalized spacial score (nSPS) is 16.6. The van der Waals surface area contributed by atoms with E-state index >= 15 is 0 Å². The minimum Gasteiger partial charge on any atom is -0.374 e. The molecule has 0 spiro atoms. The molecule has 0 aromatic heterocycles. The lowest BCUT2D eigenvalue weighted by Gasteiger charge is -2.13. The van der Waals surface area contributed by atoms with E-state index in [1.54, 1.807) is 0 Å². The highest BCUT2D eigenvalue weighted by Gasteiger charge is 2.13. The van der Waals surface area contributed by atoms with Gasteiger partial charge in [-0.15, -0.1) is 0 Å². The van der Waals surface area contributed by atoms with E-state index in [0.717, 1.165) is 6.54 Å². The van der Waals surface area contributed by atoms with Gasteiger partial charge in [0.1, 0.15) is 0 Å². The molecule has 1 aliphatic heterocycles. The maximum absolute atomic E-state index is 3.74. The fourth-order valence-electron chi connectivity index (χ4n) is 1.42. The van der Waals surface area contributed by atoms with Gasteiger partial charge in [0.15, 0.2) is 0 Å². The standard InChI is InChI=1S/C11H17N.C2H6/c1-5-9(2)8-11-10(3)6-7-12(11)4;1-2/h5,8H,1,6-7H2,2-4H3;1-2H3/b9-8-;. The smallest absolute Gasteiger partial charge is 0.0356 e. The minimum absolute atomic E-state index is 1.15. The highest BCUT2D eigenvalue weighted by atomic mass is 15.1. The third-order valence-corrected chi connectivity index (χ3v) is 2.36. The van der Waals surface area contributed by atoms with Crippen LogP contribution < -0.4 is 0 Å². The quantitative estimate of drug-likeness (QED) is 0.604. The number of hydrogen-bond acceptors (Lipinski definition) is 1. The van der Waals surface area contributed by atoms with Crippen molar-refractivity contribution in [1.29, 1.82) is 0 Å². The van der Waals surface area contributed by atoms with Gasteiger partial charge in [-0.25, -0.2) is 0 Å². The summed E-state index contributed by atoms with van der Waals surface area (Å²) < 4.78 is 0. The molecule has 0 fully saturated rings. The molecule has 1 rings (SSSR count). The van der Waals surface area contributed by atoms with Gasteiger partial charge in [0, 0.05) is 19.3 Å². The van der Waals surface area contributed by atoms with Crippen molar-refractivity contribution in [3.8, 4) is 0 Å². The number of hydrogen-bond donors (Lipinski definition) is 0. The fraction of sp³-hybridized carbons (Fsp3) is 0.538. The highest BCUT2D eigenvalue weighted by molar-refractivity contribution is 5.32. The molecule has 0 unspecified atom stereocenters. The molecule has 0 aromatic carbocycles. The Morgan fingerprint density at radius 1 is 1.43 bits per heavy atom. The van der Waals surface area contributed by atoms with Crippen molar-refractivity contribution < 1.29 is 0 Å². The molecule has 0 amide bonds.